The van der Waals surface area contributed by atoms with Crippen LogP contribution in [0.3, 0.4) is 0 Å². The molecule has 3 rings (SSSR count). The number of pyridine rings is 1. The lowest BCUT2D eigenvalue weighted by Crippen LogP contribution is -2.08. The van der Waals surface area contributed by atoms with Gasteiger partial charge in [0.25, 0.3) is 5.69 Å². The molecule has 2 aromatic heterocycles. The summed E-state index contributed by atoms with van der Waals surface area (Å²) in [5, 5.41) is 13.9. The minimum absolute atomic E-state index is 0.00628. The van der Waals surface area contributed by atoms with Gasteiger partial charge in [-0.2, -0.15) is 13.2 Å². The highest BCUT2D eigenvalue weighted by Gasteiger charge is 2.33. The number of benzene rings is 1. The highest BCUT2D eigenvalue weighted by atomic mass is 19.4. The van der Waals surface area contributed by atoms with Crippen molar-refractivity contribution in [1.82, 2.24) is 9.38 Å². The summed E-state index contributed by atoms with van der Waals surface area (Å²) >= 11 is 0. The van der Waals surface area contributed by atoms with Gasteiger partial charge in [0.2, 0.25) is 0 Å². The van der Waals surface area contributed by atoms with E-state index in [2.05, 4.69) is 10.3 Å². The number of hydrogen-bond donors (Lipinski definition) is 1. The van der Waals surface area contributed by atoms with E-state index in [0.717, 1.165) is 23.5 Å². The molecule has 1 N–H and O–H groups in total. The Balaban J connectivity index is 1.86. The zero-order valence-electron chi connectivity index (χ0n) is 13.0. The average molecular weight is 350 g/mol. The summed E-state index contributed by atoms with van der Waals surface area (Å²) in [4.78, 5) is 14.6. The fraction of sp³-hybridized carbons (Fsp3) is 0.188. The number of imidazole rings is 1. The zero-order valence-corrected chi connectivity index (χ0v) is 13.0. The van der Waals surface area contributed by atoms with Crippen molar-refractivity contribution in [2.45, 2.75) is 19.6 Å². The highest BCUT2D eigenvalue weighted by Crippen LogP contribution is 2.35. The van der Waals surface area contributed by atoms with E-state index in [4.69, 9.17) is 0 Å². The first kappa shape index (κ1) is 16.7. The largest absolute Gasteiger partial charge is 0.416 e. The number of halogens is 3. The van der Waals surface area contributed by atoms with E-state index in [1.165, 1.54) is 0 Å². The Kier molecular flexibility index (Phi) is 4.07. The number of nitro benzene ring substituents is 1. The summed E-state index contributed by atoms with van der Waals surface area (Å²) < 4.78 is 40.0. The number of rotatable bonds is 4. The average Bonchev–Trinajstić information content (AvgIpc) is 2.96. The number of fused-ring (bicyclic) bond motifs is 1. The molecule has 1 aromatic carbocycles. The lowest BCUT2D eigenvalue weighted by Gasteiger charge is -2.09. The van der Waals surface area contributed by atoms with Crippen LogP contribution in [0.25, 0.3) is 5.65 Å². The topological polar surface area (TPSA) is 72.5 Å². The smallest absolute Gasteiger partial charge is 0.374 e. The van der Waals surface area contributed by atoms with Gasteiger partial charge in [-0.1, -0.05) is 6.07 Å². The van der Waals surface area contributed by atoms with Crippen molar-refractivity contribution in [3.63, 3.8) is 0 Å². The Labute approximate surface area is 140 Å². The Morgan fingerprint density at radius 3 is 2.68 bits per heavy atom. The summed E-state index contributed by atoms with van der Waals surface area (Å²) in [6, 6.07) is 7.97. The van der Waals surface area contributed by atoms with Crippen LogP contribution in [0.1, 0.15) is 17.0 Å². The van der Waals surface area contributed by atoms with Gasteiger partial charge in [0, 0.05) is 18.0 Å². The van der Waals surface area contributed by atoms with Crippen molar-refractivity contribution >= 4 is 17.0 Å². The van der Waals surface area contributed by atoms with Crippen LogP contribution in [0.15, 0.2) is 42.6 Å². The van der Waals surface area contributed by atoms with E-state index in [0.29, 0.717) is 11.8 Å². The molecule has 0 aliphatic rings. The summed E-state index contributed by atoms with van der Waals surface area (Å²) in [6.07, 6.45) is -2.87. The van der Waals surface area contributed by atoms with Crippen LogP contribution < -0.4 is 5.32 Å². The number of nitrogens with zero attached hydrogens (tertiary/aromatic N) is 3. The van der Waals surface area contributed by atoms with E-state index in [-0.39, 0.29) is 12.2 Å². The third kappa shape index (κ3) is 3.39. The van der Waals surface area contributed by atoms with Crippen LogP contribution in [0.5, 0.6) is 0 Å². The van der Waals surface area contributed by atoms with Gasteiger partial charge in [-0.3, -0.25) is 10.1 Å². The number of hydrogen-bond acceptors (Lipinski definition) is 4. The van der Waals surface area contributed by atoms with Crippen molar-refractivity contribution in [3.8, 4) is 0 Å². The third-order valence-electron chi connectivity index (χ3n) is 3.73. The molecule has 0 radical (unpaired) electrons. The quantitative estimate of drug-likeness (QED) is 0.566. The highest BCUT2D eigenvalue weighted by molar-refractivity contribution is 5.63. The second-order valence-corrected chi connectivity index (χ2v) is 5.47. The molecule has 0 spiro atoms. The molecule has 0 atom stereocenters. The summed E-state index contributed by atoms with van der Waals surface area (Å²) in [7, 11) is 0. The molecule has 6 nitrogen and oxygen atoms in total. The molecule has 130 valence electrons. The number of aryl methyl sites for hydroxylation is 1. The molecular weight excluding hydrogens is 337 g/mol. The second kappa shape index (κ2) is 6.08. The number of aromatic nitrogens is 2. The molecule has 0 bridgehead atoms. The first-order valence-corrected chi connectivity index (χ1v) is 7.29. The molecule has 0 aliphatic carbocycles. The number of nitro groups is 1. The minimum Gasteiger partial charge on any atom is -0.374 e. The van der Waals surface area contributed by atoms with Crippen molar-refractivity contribution in [3.05, 3.63) is 69.7 Å². The predicted octanol–water partition coefficient (Wildman–Crippen LogP) is 4.18. The van der Waals surface area contributed by atoms with Crippen LogP contribution >= 0.6 is 0 Å². The molecule has 0 fully saturated rings. The van der Waals surface area contributed by atoms with Gasteiger partial charge < -0.3 is 9.72 Å². The molecule has 0 amide bonds. The number of alkyl halides is 3. The maximum absolute atomic E-state index is 12.7. The molecular formula is C16H13F3N4O2. The van der Waals surface area contributed by atoms with Crippen molar-refractivity contribution in [2.24, 2.45) is 0 Å². The van der Waals surface area contributed by atoms with E-state index >= 15 is 0 Å². The van der Waals surface area contributed by atoms with Gasteiger partial charge in [0.1, 0.15) is 11.3 Å². The summed E-state index contributed by atoms with van der Waals surface area (Å²) in [5.41, 5.74) is 0.619. The molecule has 3 aromatic rings. The van der Waals surface area contributed by atoms with Crippen molar-refractivity contribution < 1.29 is 18.1 Å². The van der Waals surface area contributed by atoms with E-state index in [1.54, 1.807) is 6.20 Å². The van der Waals surface area contributed by atoms with Crippen LogP contribution in [0.2, 0.25) is 0 Å². The van der Waals surface area contributed by atoms with Gasteiger partial charge in [-0.15, -0.1) is 0 Å². The van der Waals surface area contributed by atoms with Crippen LogP contribution in [0.4, 0.5) is 24.5 Å². The van der Waals surface area contributed by atoms with Crippen LogP contribution in [-0.4, -0.2) is 14.3 Å². The maximum atomic E-state index is 12.7. The summed E-state index contributed by atoms with van der Waals surface area (Å²) in [5.74, 6) is 0. The van der Waals surface area contributed by atoms with Crippen molar-refractivity contribution in [1.29, 1.82) is 0 Å². The summed E-state index contributed by atoms with van der Waals surface area (Å²) in [6.45, 7) is 2.06. The maximum Gasteiger partial charge on any atom is 0.416 e. The lowest BCUT2D eigenvalue weighted by atomic mass is 10.1. The van der Waals surface area contributed by atoms with Gasteiger partial charge in [-0.25, -0.2) is 4.98 Å². The molecule has 0 saturated carbocycles. The van der Waals surface area contributed by atoms with Crippen LogP contribution in [0, 0.1) is 17.0 Å². The predicted molar refractivity (Wildman–Crippen MR) is 85.4 cm³/mol. The van der Waals surface area contributed by atoms with E-state index in [1.807, 2.05) is 29.5 Å². The molecule has 9 heteroatoms. The Morgan fingerprint density at radius 2 is 2.04 bits per heavy atom. The first-order chi connectivity index (χ1) is 11.8. The van der Waals surface area contributed by atoms with Gasteiger partial charge in [-0.05, 0) is 31.2 Å². The zero-order chi connectivity index (χ0) is 18.2. The van der Waals surface area contributed by atoms with Crippen LogP contribution in [-0.2, 0) is 12.7 Å². The molecule has 0 saturated heterocycles. The lowest BCUT2D eigenvalue weighted by molar-refractivity contribution is -0.384. The van der Waals surface area contributed by atoms with E-state index in [9.17, 15) is 23.3 Å². The Bertz CT molecular complexity index is 950. The monoisotopic (exact) mass is 350 g/mol. The fourth-order valence-corrected chi connectivity index (χ4v) is 2.48. The Morgan fingerprint density at radius 1 is 1.28 bits per heavy atom. The molecule has 0 unspecified atom stereocenters. The Hall–Kier alpha value is -3.10. The SMILES string of the molecule is Cc1cccc2nc(CNc3ccc(C(F)(F)F)cc3[N+](=O)[O-])cn12. The van der Waals surface area contributed by atoms with Gasteiger partial charge >= 0.3 is 6.18 Å². The first-order valence-electron chi connectivity index (χ1n) is 7.29. The third-order valence-corrected chi connectivity index (χ3v) is 3.73. The molecule has 2 heterocycles. The molecule has 25 heavy (non-hydrogen) atoms. The van der Waals surface area contributed by atoms with Gasteiger partial charge in [0.15, 0.2) is 0 Å². The van der Waals surface area contributed by atoms with Gasteiger partial charge in [0.05, 0.1) is 22.7 Å². The van der Waals surface area contributed by atoms with Crippen molar-refractivity contribution in [2.75, 3.05) is 5.32 Å². The number of nitrogens with one attached hydrogen (secondary N) is 1. The number of anilines is 1. The van der Waals surface area contributed by atoms with E-state index < -0.39 is 22.4 Å². The minimum atomic E-state index is -4.64. The normalized spacial score (nSPS) is 11.7. The molecule has 0 aliphatic heterocycles. The second-order valence-electron chi connectivity index (χ2n) is 5.47. The standard InChI is InChI=1S/C16H13F3N4O2/c1-10-3-2-4-15-21-12(9-22(10)15)8-20-13-6-5-11(16(17,18)19)7-14(13)23(24)25/h2-7,9,20H,8H2,1H3. The fourth-order valence-electron chi connectivity index (χ4n) is 2.48.